The highest BCUT2D eigenvalue weighted by Crippen LogP contribution is 2.27. The van der Waals surface area contributed by atoms with Gasteiger partial charge >= 0.3 is 0 Å². The molecule has 0 aliphatic carbocycles. The van der Waals surface area contributed by atoms with Crippen molar-refractivity contribution < 1.29 is 13.2 Å². The van der Waals surface area contributed by atoms with E-state index in [1.165, 1.54) is 12.1 Å². The molecule has 2 rings (SSSR count). The van der Waals surface area contributed by atoms with Gasteiger partial charge in [-0.1, -0.05) is 41.1 Å². The molecule has 0 aliphatic rings. The van der Waals surface area contributed by atoms with Gasteiger partial charge in [-0.15, -0.1) is 0 Å². The van der Waals surface area contributed by atoms with Crippen molar-refractivity contribution in [2.45, 2.75) is 31.1 Å². The van der Waals surface area contributed by atoms with Gasteiger partial charge in [0.1, 0.15) is 0 Å². The number of nitrogens with one attached hydrogen (secondary N) is 1. The zero-order valence-corrected chi connectivity index (χ0v) is 16.2. The second-order valence-electron chi connectivity index (χ2n) is 6.02. The maximum absolute atomic E-state index is 12.7. The summed E-state index contributed by atoms with van der Waals surface area (Å²) >= 11 is 3.38. The minimum atomic E-state index is -3.31. The molecule has 4 nitrogen and oxygen atoms in total. The van der Waals surface area contributed by atoms with E-state index in [0.717, 1.165) is 10.0 Å². The Balaban J connectivity index is 2.26. The van der Waals surface area contributed by atoms with Gasteiger partial charge in [-0.05, 0) is 49.7 Å². The summed E-state index contributed by atoms with van der Waals surface area (Å²) in [5.74, 6) is -0.176. The number of anilines is 1. The fraction of sp³-hybridized carbons (Fsp3) is 0.278. The lowest BCUT2D eigenvalue weighted by atomic mass is 9.83. The third kappa shape index (κ3) is 4.05. The maximum Gasteiger partial charge on any atom is 0.234 e. The van der Waals surface area contributed by atoms with Crippen molar-refractivity contribution in [3.63, 3.8) is 0 Å². The van der Waals surface area contributed by atoms with Crippen LogP contribution in [0.25, 0.3) is 0 Å². The summed E-state index contributed by atoms with van der Waals surface area (Å²) in [5.41, 5.74) is 0.598. The molecule has 0 unspecified atom stereocenters. The van der Waals surface area contributed by atoms with Crippen LogP contribution < -0.4 is 5.32 Å². The second kappa shape index (κ2) is 7.07. The van der Waals surface area contributed by atoms with Gasteiger partial charge in [0.25, 0.3) is 0 Å². The van der Waals surface area contributed by atoms with E-state index in [4.69, 9.17) is 0 Å². The third-order valence-corrected chi connectivity index (χ3v) is 6.23. The predicted molar refractivity (Wildman–Crippen MR) is 100.0 cm³/mol. The van der Waals surface area contributed by atoms with Crippen molar-refractivity contribution in [3.05, 3.63) is 58.6 Å². The lowest BCUT2D eigenvalue weighted by molar-refractivity contribution is -0.120. The van der Waals surface area contributed by atoms with Crippen molar-refractivity contribution in [2.75, 3.05) is 11.1 Å². The highest BCUT2D eigenvalue weighted by atomic mass is 79.9. The van der Waals surface area contributed by atoms with Crippen LogP contribution in [0.1, 0.15) is 26.3 Å². The molecule has 128 valence electrons. The van der Waals surface area contributed by atoms with E-state index in [-0.39, 0.29) is 16.6 Å². The first-order chi connectivity index (χ1) is 11.2. The zero-order chi connectivity index (χ0) is 18.0. The summed E-state index contributed by atoms with van der Waals surface area (Å²) < 4.78 is 24.9. The van der Waals surface area contributed by atoms with Crippen LogP contribution in [0.15, 0.2) is 57.9 Å². The molecule has 0 atom stereocenters. The lowest BCUT2D eigenvalue weighted by Gasteiger charge is -2.24. The molecule has 0 aliphatic heterocycles. The number of hydrogen-bond acceptors (Lipinski definition) is 3. The first-order valence-corrected chi connectivity index (χ1v) is 10.0. The number of carbonyl (C=O) groups is 1. The van der Waals surface area contributed by atoms with E-state index in [1.807, 2.05) is 38.1 Å². The highest BCUT2D eigenvalue weighted by molar-refractivity contribution is 9.10. The topological polar surface area (TPSA) is 63.2 Å². The summed E-state index contributed by atoms with van der Waals surface area (Å²) in [6, 6.07) is 13.9. The smallest absolute Gasteiger partial charge is 0.234 e. The standard InChI is InChI=1S/C18H20BrNO3S/c1-4-24(22,23)16-7-5-6-15(12-16)20-17(21)18(2,3)13-8-10-14(19)11-9-13/h5-12H,4H2,1-3H3,(H,20,21). The Labute approximate surface area is 151 Å². The number of halogens is 1. The Bertz CT molecular complexity index is 843. The molecule has 0 radical (unpaired) electrons. The first kappa shape index (κ1) is 18.7. The van der Waals surface area contributed by atoms with Crippen molar-refractivity contribution in [1.82, 2.24) is 0 Å². The van der Waals surface area contributed by atoms with Crippen molar-refractivity contribution in [2.24, 2.45) is 0 Å². The Morgan fingerprint density at radius 1 is 1.12 bits per heavy atom. The van der Waals surface area contributed by atoms with Crippen LogP contribution in [0.3, 0.4) is 0 Å². The number of hydrogen-bond donors (Lipinski definition) is 1. The van der Waals surface area contributed by atoms with Gasteiger partial charge in [0, 0.05) is 10.2 Å². The maximum atomic E-state index is 12.7. The fourth-order valence-electron chi connectivity index (χ4n) is 2.22. The van der Waals surface area contributed by atoms with Crippen LogP contribution in [0.4, 0.5) is 5.69 Å². The summed E-state index contributed by atoms with van der Waals surface area (Å²) in [6.07, 6.45) is 0. The number of carbonyl (C=O) groups excluding carboxylic acids is 1. The van der Waals surface area contributed by atoms with Crippen molar-refractivity contribution >= 4 is 37.4 Å². The lowest BCUT2D eigenvalue weighted by Crippen LogP contribution is -2.34. The summed E-state index contributed by atoms with van der Waals surface area (Å²) in [4.78, 5) is 12.9. The van der Waals surface area contributed by atoms with Crippen molar-refractivity contribution in [1.29, 1.82) is 0 Å². The monoisotopic (exact) mass is 409 g/mol. The van der Waals surface area contributed by atoms with E-state index in [2.05, 4.69) is 21.2 Å². The Hall–Kier alpha value is -1.66. The molecule has 1 amide bonds. The molecule has 1 N–H and O–H groups in total. The first-order valence-electron chi connectivity index (χ1n) is 7.57. The van der Waals surface area contributed by atoms with Gasteiger partial charge in [-0.25, -0.2) is 8.42 Å². The van der Waals surface area contributed by atoms with Gasteiger partial charge in [0.15, 0.2) is 9.84 Å². The SMILES string of the molecule is CCS(=O)(=O)c1cccc(NC(=O)C(C)(C)c2ccc(Br)cc2)c1. The Morgan fingerprint density at radius 3 is 2.33 bits per heavy atom. The van der Waals surface area contributed by atoms with E-state index in [0.29, 0.717) is 5.69 Å². The van der Waals surface area contributed by atoms with Crippen molar-refractivity contribution in [3.8, 4) is 0 Å². The average molecular weight is 410 g/mol. The Morgan fingerprint density at radius 2 is 1.75 bits per heavy atom. The van der Waals surface area contributed by atoms with Crippen LogP contribution in [-0.4, -0.2) is 20.1 Å². The molecule has 0 saturated carbocycles. The minimum Gasteiger partial charge on any atom is -0.325 e. The van der Waals surface area contributed by atoms with E-state index < -0.39 is 15.3 Å². The van der Waals surface area contributed by atoms with Crippen LogP contribution >= 0.6 is 15.9 Å². The molecule has 0 bridgehead atoms. The van der Waals surface area contributed by atoms with Gasteiger partial charge in [-0.2, -0.15) is 0 Å². The fourth-order valence-corrected chi connectivity index (χ4v) is 3.41. The van der Waals surface area contributed by atoms with Gasteiger partial charge < -0.3 is 5.32 Å². The quantitative estimate of drug-likeness (QED) is 0.805. The number of rotatable bonds is 5. The van der Waals surface area contributed by atoms with Crippen LogP contribution in [0.5, 0.6) is 0 Å². The van der Waals surface area contributed by atoms with Gasteiger partial charge in [-0.3, -0.25) is 4.79 Å². The summed E-state index contributed by atoms with van der Waals surface area (Å²) in [6.45, 7) is 5.26. The van der Waals surface area contributed by atoms with Gasteiger partial charge in [0.2, 0.25) is 5.91 Å². The molecule has 0 heterocycles. The van der Waals surface area contributed by atoms with Crippen LogP contribution in [0.2, 0.25) is 0 Å². The van der Waals surface area contributed by atoms with E-state index in [1.54, 1.807) is 19.1 Å². The average Bonchev–Trinajstić information content (AvgIpc) is 2.55. The molecule has 0 aromatic heterocycles. The normalized spacial score (nSPS) is 12.0. The highest BCUT2D eigenvalue weighted by Gasteiger charge is 2.30. The number of benzene rings is 2. The summed E-state index contributed by atoms with van der Waals surface area (Å²) in [7, 11) is -3.31. The molecule has 6 heteroatoms. The molecule has 0 spiro atoms. The molecule has 2 aromatic rings. The minimum absolute atomic E-state index is 0.0226. The largest absolute Gasteiger partial charge is 0.325 e. The summed E-state index contributed by atoms with van der Waals surface area (Å²) in [5, 5.41) is 2.82. The van der Waals surface area contributed by atoms with E-state index in [9.17, 15) is 13.2 Å². The molecular formula is C18H20BrNO3S. The molecule has 0 saturated heterocycles. The second-order valence-corrected chi connectivity index (χ2v) is 9.21. The molecule has 0 fully saturated rings. The number of sulfone groups is 1. The zero-order valence-electron chi connectivity index (χ0n) is 13.8. The third-order valence-electron chi connectivity index (χ3n) is 3.96. The van der Waals surface area contributed by atoms with E-state index >= 15 is 0 Å². The molecule has 24 heavy (non-hydrogen) atoms. The molecule has 2 aromatic carbocycles. The predicted octanol–water partition coefficient (Wildman–Crippen LogP) is 4.16. The van der Waals surface area contributed by atoms with Crippen LogP contribution in [-0.2, 0) is 20.0 Å². The number of amides is 1. The van der Waals surface area contributed by atoms with Crippen LogP contribution in [0, 0.1) is 0 Å². The van der Waals surface area contributed by atoms with Gasteiger partial charge in [0.05, 0.1) is 16.1 Å². The Kier molecular flexibility index (Phi) is 5.50. The molecular weight excluding hydrogens is 390 g/mol.